The molecule has 0 fully saturated rings. The van der Waals surface area contributed by atoms with Gasteiger partial charge in [0.15, 0.2) is 11.6 Å². The van der Waals surface area contributed by atoms with E-state index in [1.807, 2.05) is 4.72 Å². The third-order valence-electron chi connectivity index (χ3n) is 3.91. The second kappa shape index (κ2) is 8.75. The van der Waals surface area contributed by atoms with Crippen molar-refractivity contribution < 1.29 is 26.3 Å². The summed E-state index contributed by atoms with van der Waals surface area (Å²) >= 11 is 5.96. The Balaban J connectivity index is 1.81. The van der Waals surface area contributed by atoms with E-state index in [0.29, 0.717) is 5.56 Å². The number of halogens is 4. The normalized spacial score (nSPS) is 11.3. The number of hydrogen-bond acceptors (Lipinski definition) is 3. The number of hydrogen-bond donors (Lipinski definition) is 1. The number of benzene rings is 3. The van der Waals surface area contributed by atoms with E-state index >= 15 is 0 Å². The first-order chi connectivity index (χ1) is 13.8. The van der Waals surface area contributed by atoms with Gasteiger partial charge in [-0.1, -0.05) is 60.1 Å². The van der Waals surface area contributed by atoms with Crippen molar-refractivity contribution in [1.82, 2.24) is 0 Å². The zero-order chi connectivity index (χ0) is 21.0. The number of sulfonamides is 1. The highest BCUT2D eigenvalue weighted by atomic mass is 35.5. The summed E-state index contributed by atoms with van der Waals surface area (Å²) in [5, 5.41) is -0.316. The maximum atomic E-state index is 14.4. The summed E-state index contributed by atoms with van der Waals surface area (Å²) in [7, 11) is -4.23. The van der Waals surface area contributed by atoms with Gasteiger partial charge in [-0.3, -0.25) is 4.72 Å². The Kier molecular flexibility index (Phi) is 6.34. The molecule has 3 rings (SSSR count). The van der Waals surface area contributed by atoms with Gasteiger partial charge in [0.1, 0.15) is 12.4 Å². The highest BCUT2D eigenvalue weighted by Crippen LogP contribution is 2.35. The van der Waals surface area contributed by atoms with Gasteiger partial charge in [-0.25, -0.2) is 17.2 Å². The molecule has 0 aliphatic heterocycles. The minimum Gasteiger partial charge on any atom is -0.484 e. The zero-order valence-electron chi connectivity index (χ0n) is 14.8. The van der Waals surface area contributed by atoms with Gasteiger partial charge in [-0.15, -0.1) is 0 Å². The molecule has 1 N–H and O–H groups in total. The Labute approximate surface area is 170 Å². The van der Waals surface area contributed by atoms with Gasteiger partial charge in [-0.2, -0.15) is 4.39 Å². The van der Waals surface area contributed by atoms with Gasteiger partial charge in [0, 0.05) is 5.56 Å². The van der Waals surface area contributed by atoms with E-state index in [1.54, 1.807) is 30.3 Å². The van der Waals surface area contributed by atoms with Crippen molar-refractivity contribution >= 4 is 27.3 Å². The fraction of sp³-hybridized carbons (Fsp3) is 0.100. The molecule has 152 valence electrons. The highest BCUT2D eigenvalue weighted by Gasteiger charge is 2.23. The lowest BCUT2D eigenvalue weighted by atomic mass is 10.2. The van der Waals surface area contributed by atoms with Crippen LogP contribution in [-0.2, 0) is 22.4 Å². The highest BCUT2D eigenvalue weighted by molar-refractivity contribution is 7.91. The molecule has 0 radical (unpaired) electrons. The number of anilines is 1. The van der Waals surface area contributed by atoms with E-state index in [2.05, 4.69) is 0 Å². The maximum absolute atomic E-state index is 14.4. The van der Waals surface area contributed by atoms with Crippen molar-refractivity contribution in [3.8, 4) is 5.75 Å². The predicted octanol–water partition coefficient (Wildman–Crippen LogP) is 5.28. The zero-order valence-corrected chi connectivity index (χ0v) is 16.4. The monoisotopic (exact) mass is 441 g/mol. The smallest absolute Gasteiger partial charge is 0.237 e. The molecule has 0 amide bonds. The molecule has 3 aromatic carbocycles. The van der Waals surface area contributed by atoms with Gasteiger partial charge in [0.25, 0.3) is 0 Å². The van der Waals surface area contributed by atoms with Crippen molar-refractivity contribution in [3.05, 3.63) is 94.3 Å². The Morgan fingerprint density at radius 3 is 2.28 bits per heavy atom. The molecule has 0 unspecified atom stereocenters. The van der Waals surface area contributed by atoms with E-state index < -0.39 is 44.7 Å². The number of nitrogens with one attached hydrogen (secondary N) is 1. The SMILES string of the molecule is O=S(=O)(Cc1ccccc1F)Nc1cc(Cl)c(OCc2ccccc2)c(F)c1F. The summed E-state index contributed by atoms with van der Waals surface area (Å²) in [4.78, 5) is 0. The first-order valence-corrected chi connectivity index (χ1v) is 10.4. The van der Waals surface area contributed by atoms with Crippen molar-refractivity contribution in [2.75, 3.05) is 4.72 Å². The lowest BCUT2D eigenvalue weighted by molar-refractivity contribution is 0.285. The molecule has 0 saturated carbocycles. The van der Waals surface area contributed by atoms with Crippen LogP contribution in [0, 0.1) is 17.5 Å². The van der Waals surface area contributed by atoms with Gasteiger partial charge in [0.2, 0.25) is 15.8 Å². The van der Waals surface area contributed by atoms with Crippen LogP contribution in [-0.4, -0.2) is 8.42 Å². The van der Waals surface area contributed by atoms with Crippen LogP contribution in [0.2, 0.25) is 5.02 Å². The van der Waals surface area contributed by atoms with Crippen molar-refractivity contribution in [2.24, 2.45) is 0 Å². The molecule has 0 aliphatic rings. The van der Waals surface area contributed by atoms with Gasteiger partial charge >= 0.3 is 0 Å². The minimum absolute atomic E-state index is 0.0602. The molecule has 0 aromatic heterocycles. The molecular formula is C20H15ClF3NO3S. The van der Waals surface area contributed by atoms with E-state index in [0.717, 1.165) is 12.1 Å². The molecule has 4 nitrogen and oxygen atoms in total. The molecule has 0 heterocycles. The van der Waals surface area contributed by atoms with E-state index in [1.165, 1.54) is 18.2 Å². The largest absolute Gasteiger partial charge is 0.484 e. The summed E-state index contributed by atoms with van der Waals surface area (Å²) < 4.78 is 74.1. The lowest BCUT2D eigenvalue weighted by Crippen LogP contribution is -2.17. The lowest BCUT2D eigenvalue weighted by Gasteiger charge is -2.14. The molecule has 29 heavy (non-hydrogen) atoms. The maximum Gasteiger partial charge on any atom is 0.237 e. The van der Waals surface area contributed by atoms with Gasteiger partial charge in [0.05, 0.1) is 16.5 Å². The van der Waals surface area contributed by atoms with Crippen molar-refractivity contribution in [2.45, 2.75) is 12.4 Å². The van der Waals surface area contributed by atoms with Crippen LogP contribution < -0.4 is 9.46 Å². The summed E-state index contributed by atoms with van der Waals surface area (Å²) in [6, 6.07) is 14.9. The first-order valence-electron chi connectivity index (χ1n) is 8.35. The summed E-state index contributed by atoms with van der Waals surface area (Å²) in [6.07, 6.45) is 0. The van der Waals surface area contributed by atoms with Crippen LogP contribution >= 0.6 is 11.6 Å². The second-order valence-corrected chi connectivity index (χ2v) is 8.22. The molecule has 0 aliphatic carbocycles. The Hall–Kier alpha value is -2.71. The molecule has 0 bridgehead atoms. The van der Waals surface area contributed by atoms with Crippen LogP contribution in [0.4, 0.5) is 18.9 Å². The fourth-order valence-electron chi connectivity index (χ4n) is 2.54. The standard InChI is InChI=1S/C20H15ClF3NO3S/c21-15-10-17(25-29(26,27)12-14-8-4-5-9-16(14)22)18(23)19(24)20(15)28-11-13-6-2-1-3-7-13/h1-10,25H,11-12H2. The third kappa shape index (κ3) is 5.21. The van der Waals surface area contributed by atoms with Crippen molar-refractivity contribution in [1.29, 1.82) is 0 Å². The van der Waals surface area contributed by atoms with Crippen LogP contribution in [0.15, 0.2) is 60.7 Å². The quantitative estimate of drug-likeness (QED) is 0.508. The number of ether oxygens (including phenoxy) is 1. The summed E-state index contributed by atoms with van der Waals surface area (Å²) in [5.74, 6) is -4.94. The second-order valence-electron chi connectivity index (χ2n) is 6.09. The van der Waals surface area contributed by atoms with Crippen LogP contribution in [0.5, 0.6) is 5.75 Å². The van der Waals surface area contributed by atoms with Gasteiger partial charge in [-0.05, 0) is 17.7 Å². The summed E-state index contributed by atoms with van der Waals surface area (Å²) in [5.41, 5.74) is -0.108. The van der Waals surface area contributed by atoms with Crippen LogP contribution in [0.1, 0.15) is 11.1 Å². The number of rotatable bonds is 7. The third-order valence-corrected chi connectivity index (χ3v) is 5.41. The average molecular weight is 442 g/mol. The van der Waals surface area contributed by atoms with Crippen molar-refractivity contribution in [3.63, 3.8) is 0 Å². The van der Waals surface area contributed by atoms with E-state index in [4.69, 9.17) is 16.3 Å². The van der Waals surface area contributed by atoms with Gasteiger partial charge < -0.3 is 4.74 Å². The Morgan fingerprint density at radius 1 is 0.931 bits per heavy atom. The Morgan fingerprint density at radius 2 is 1.59 bits per heavy atom. The molecule has 0 atom stereocenters. The van der Waals surface area contributed by atoms with Crippen LogP contribution in [0.25, 0.3) is 0 Å². The fourth-order valence-corrected chi connectivity index (χ4v) is 3.98. The van der Waals surface area contributed by atoms with Crippen LogP contribution in [0.3, 0.4) is 0 Å². The minimum atomic E-state index is -4.23. The van der Waals surface area contributed by atoms with E-state index in [9.17, 15) is 21.6 Å². The first kappa shape index (κ1) is 21.0. The Bertz CT molecular complexity index is 1130. The summed E-state index contributed by atoms with van der Waals surface area (Å²) in [6.45, 7) is -0.0602. The molecule has 0 saturated heterocycles. The molecule has 9 heteroatoms. The molecular weight excluding hydrogens is 427 g/mol. The van der Waals surface area contributed by atoms with E-state index in [-0.39, 0.29) is 17.2 Å². The molecule has 0 spiro atoms. The topological polar surface area (TPSA) is 55.4 Å². The average Bonchev–Trinajstić information content (AvgIpc) is 2.68. The molecule has 3 aromatic rings. The predicted molar refractivity (Wildman–Crippen MR) is 105 cm³/mol.